The molecule has 0 radical (unpaired) electrons. The van der Waals surface area contributed by atoms with Crippen LogP contribution in [0, 0.1) is 20.8 Å². The third-order valence-electron chi connectivity index (χ3n) is 6.52. The number of hydrogen-bond donors (Lipinski definition) is 0. The largest absolute Gasteiger partial charge is 0.858 e. The van der Waals surface area contributed by atoms with E-state index in [0.29, 0.717) is 23.5 Å². The number of nitrogens with zero attached hydrogens (tertiary/aromatic N) is 4. The van der Waals surface area contributed by atoms with Crippen LogP contribution < -0.4 is 14.6 Å². The normalized spacial score (nSPS) is 13.7. The minimum atomic E-state index is -0.536. The first-order chi connectivity index (χ1) is 17.3. The predicted molar refractivity (Wildman–Crippen MR) is 135 cm³/mol. The van der Waals surface area contributed by atoms with Crippen LogP contribution in [-0.2, 0) is 16.0 Å². The van der Waals surface area contributed by atoms with Crippen molar-refractivity contribution < 1.29 is 19.3 Å². The van der Waals surface area contributed by atoms with Gasteiger partial charge in [0.1, 0.15) is 5.57 Å². The summed E-state index contributed by atoms with van der Waals surface area (Å²) >= 11 is 0. The van der Waals surface area contributed by atoms with Gasteiger partial charge in [0, 0.05) is 17.2 Å². The van der Waals surface area contributed by atoms with Crippen LogP contribution in [0.3, 0.4) is 0 Å². The number of rotatable bonds is 5. The van der Waals surface area contributed by atoms with E-state index in [1.807, 2.05) is 64.2 Å². The molecule has 0 spiro atoms. The molecule has 0 aliphatic carbocycles. The summed E-state index contributed by atoms with van der Waals surface area (Å²) in [6, 6.07) is 18.2. The number of pyridine rings is 1. The molecular formula is C29H26N4O3. The van der Waals surface area contributed by atoms with Crippen LogP contribution in [0.1, 0.15) is 34.9 Å². The molecule has 0 N–H and O–H groups in total. The van der Waals surface area contributed by atoms with Gasteiger partial charge in [-0.25, -0.2) is 9.58 Å². The summed E-state index contributed by atoms with van der Waals surface area (Å²) in [4.78, 5) is 29.0. The molecule has 0 saturated carbocycles. The minimum absolute atomic E-state index is 0.0683. The Morgan fingerprint density at radius 2 is 1.61 bits per heavy atom. The fourth-order valence-electron chi connectivity index (χ4n) is 4.49. The van der Waals surface area contributed by atoms with Crippen LogP contribution in [0.15, 0.2) is 73.1 Å². The van der Waals surface area contributed by atoms with E-state index in [4.69, 9.17) is 0 Å². The van der Waals surface area contributed by atoms with Crippen molar-refractivity contribution in [1.82, 2.24) is 9.78 Å². The number of carbonyl (C=O) groups is 2. The lowest BCUT2D eigenvalue weighted by atomic mass is 10.0. The highest BCUT2D eigenvalue weighted by Crippen LogP contribution is 2.39. The summed E-state index contributed by atoms with van der Waals surface area (Å²) < 4.78 is 2.95. The fourth-order valence-corrected chi connectivity index (χ4v) is 4.49. The Morgan fingerprint density at radius 3 is 2.28 bits per heavy atom. The Morgan fingerprint density at radius 1 is 0.889 bits per heavy atom. The second-order valence-corrected chi connectivity index (χ2v) is 8.95. The van der Waals surface area contributed by atoms with Crippen LogP contribution in [0.25, 0.3) is 17.0 Å². The van der Waals surface area contributed by atoms with E-state index in [1.165, 1.54) is 4.68 Å². The SMILES string of the molecule is CCc1nn(-c2ccccc2)c([O-])c1C1=C([n+]2ccc(C)c(C)c2)C(=O)N(c2cccc(C)c2)C1=O. The topological polar surface area (TPSA) is 82.1 Å². The van der Waals surface area contributed by atoms with Crippen molar-refractivity contribution in [2.45, 2.75) is 34.1 Å². The van der Waals surface area contributed by atoms with Gasteiger partial charge in [-0.2, -0.15) is 9.67 Å². The maximum atomic E-state index is 14.0. The lowest BCUT2D eigenvalue weighted by Gasteiger charge is -2.16. The van der Waals surface area contributed by atoms with Crippen LogP contribution in [0.5, 0.6) is 5.88 Å². The zero-order valence-electron chi connectivity index (χ0n) is 20.6. The van der Waals surface area contributed by atoms with Gasteiger partial charge < -0.3 is 5.11 Å². The van der Waals surface area contributed by atoms with E-state index in [-0.39, 0.29) is 16.8 Å². The second kappa shape index (κ2) is 8.92. The zero-order chi connectivity index (χ0) is 25.6. The molecule has 2 aromatic heterocycles. The lowest BCUT2D eigenvalue weighted by molar-refractivity contribution is -0.577. The van der Waals surface area contributed by atoms with Crippen molar-refractivity contribution in [2.75, 3.05) is 4.90 Å². The average molecular weight is 479 g/mol. The quantitative estimate of drug-likeness (QED) is 0.324. The third-order valence-corrected chi connectivity index (χ3v) is 6.52. The van der Waals surface area contributed by atoms with E-state index < -0.39 is 17.7 Å². The first kappa shape index (κ1) is 23.2. The van der Waals surface area contributed by atoms with E-state index >= 15 is 0 Å². The summed E-state index contributed by atoms with van der Waals surface area (Å²) in [6.45, 7) is 7.69. The van der Waals surface area contributed by atoms with Crippen molar-refractivity contribution in [3.8, 4) is 11.6 Å². The summed E-state index contributed by atoms with van der Waals surface area (Å²) in [5.41, 5.74) is 4.82. The average Bonchev–Trinajstić information content (AvgIpc) is 3.33. The van der Waals surface area contributed by atoms with Crippen LogP contribution >= 0.6 is 0 Å². The van der Waals surface area contributed by atoms with E-state index in [2.05, 4.69) is 5.10 Å². The van der Waals surface area contributed by atoms with Gasteiger partial charge in [-0.3, -0.25) is 9.59 Å². The Labute approximate surface area is 209 Å². The molecule has 0 unspecified atom stereocenters. The van der Waals surface area contributed by atoms with E-state index in [0.717, 1.165) is 21.6 Å². The smallest absolute Gasteiger partial charge is 0.331 e. The number of imide groups is 1. The van der Waals surface area contributed by atoms with Crippen molar-refractivity contribution in [3.05, 3.63) is 101 Å². The highest BCUT2D eigenvalue weighted by molar-refractivity contribution is 6.53. The zero-order valence-corrected chi connectivity index (χ0v) is 20.6. The Hall–Kier alpha value is -4.52. The molecule has 0 fully saturated rings. The molecule has 1 aliphatic heterocycles. The van der Waals surface area contributed by atoms with Crippen molar-refractivity contribution >= 4 is 28.8 Å². The molecule has 5 rings (SSSR count). The molecule has 7 heteroatoms. The summed E-state index contributed by atoms with van der Waals surface area (Å²) in [5, 5.41) is 18.3. The number of aryl methyl sites for hydroxylation is 4. The van der Waals surface area contributed by atoms with Crippen LogP contribution in [0.4, 0.5) is 5.69 Å². The standard InChI is InChI=1S/C29H26N4O3/c1-5-23-24(28(35)33(30-23)21-11-7-6-8-12-21)25-26(31-15-14-19(3)20(4)17-31)29(36)32(27(25)34)22-13-9-10-18(2)16-22/h6-17H,5H2,1-4H3. The van der Waals surface area contributed by atoms with Gasteiger partial charge in [-0.15, -0.1) is 0 Å². The predicted octanol–water partition coefficient (Wildman–Crippen LogP) is 3.66. The lowest BCUT2D eigenvalue weighted by Crippen LogP contribution is -2.40. The number of benzene rings is 2. The Bertz CT molecular complexity index is 1550. The number of para-hydroxylation sites is 1. The molecule has 180 valence electrons. The minimum Gasteiger partial charge on any atom is -0.858 e. The first-order valence-corrected chi connectivity index (χ1v) is 11.8. The van der Waals surface area contributed by atoms with E-state index in [1.54, 1.807) is 41.1 Å². The number of hydrogen-bond acceptors (Lipinski definition) is 4. The summed E-state index contributed by atoms with van der Waals surface area (Å²) in [5.74, 6) is -1.45. The van der Waals surface area contributed by atoms with Gasteiger partial charge in [0.05, 0.1) is 17.1 Å². The Balaban J connectivity index is 1.79. The van der Waals surface area contributed by atoms with Gasteiger partial charge >= 0.3 is 5.91 Å². The van der Waals surface area contributed by atoms with Gasteiger partial charge in [0.2, 0.25) is 0 Å². The molecule has 0 saturated heterocycles. The highest BCUT2D eigenvalue weighted by atomic mass is 16.3. The second-order valence-electron chi connectivity index (χ2n) is 8.95. The molecule has 2 aromatic carbocycles. The maximum Gasteiger partial charge on any atom is 0.331 e. The van der Waals surface area contributed by atoms with Crippen molar-refractivity contribution in [2.24, 2.45) is 0 Å². The summed E-state index contributed by atoms with van der Waals surface area (Å²) in [6.07, 6.45) is 3.98. The fraction of sp³-hybridized carbons (Fsp3) is 0.172. The van der Waals surface area contributed by atoms with Crippen molar-refractivity contribution in [3.63, 3.8) is 0 Å². The highest BCUT2D eigenvalue weighted by Gasteiger charge is 2.47. The van der Waals surface area contributed by atoms with Crippen molar-refractivity contribution in [1.29, 1.82) is 0 Å². The third kappa shape index (κ3) is 3.69. The van der Waals surface area contributed by atoms with Crippen LogP contribution in [-0.4, -0.2) is 21.6 Å². The summed E-state index contributed by atoms with van der Waals surface area (Å²) in [7, 11) is 0. The first-order valence-electron chi connectivity index (χ1n) is 11.8. The molecule has 36 heavy (non-hydrogen) atoms. The maximum absolute atomic E-state index is 14.0. The Kier molecular flexibility index (Phi) is 5.76. The van der Waals surface area contributed by atoms with Gasteiger partial charge in [0.25, 0.3) is 11.6 Å². The van der Waals surface area contributed by atoms with Gasteiger partial charge in [0.15, 0.2) is 12.4 Å². The van der Waals surface area contributed by atoms with Gasteiger partial charge in [-0.1, -0.05) is 37.3 Å². The number of anilines is 1. The van der Waals surface area contributed by atoms with E-state index in [9.17, 15) is 14.7 Å². The number of carbonyl (C=O) groups excluding carboxylic acids is 2. The molecule has 7 nitrogen and oxygen atoms in total. The monoisotopic (exact) mass is 478 g/mol. The number of aromatic nitrogens is 3. The molecule has 0 atom stereocenters. The molecule has 2 amide bonds. The van der Waals surface area contributed by atoms with Crippen LogP contribution in [0.2, 0.25) is 0 Å². The van der Waals surface area contributed by atoms with Gasteiger partial charge in [-0.05, 0) is 68.5 Å². The molecule has 1 aliphatic rings. The number of amides is 2. The molecule has 4 aromatic rings. The molecule has 3 heterocycles. The molecule has 0 bridgehead atoms. The molecular weight excluding hydrogens is 452 g/mol.